The molecule has 0 fully saturated rings. The molecule has 0 N–H and O–H groups in total. The third kappa shape index (κ3) is 4.71. The highest BCUT2D eigenvalue weighted by Gasteiger charge is 2.18. The second kappa shape index (κ2) is 9.11. The summed E-state index contributed by atoms with van der Waals surface area (Å²) < 4.78 is 19.7. The van der Waals surface area contributed by atoms with Crippen LogP contribution in [0.1, 0.15) is 11.4 Å². The normalized spacial score (nSPS) is 12.2. The molecule has 150 valence electrons. The molecule has 0 atom stereocenters. The second-order valence-electron chi connectivity index (χ2n) is 6.13. The number of thioether (sulfide) groups is 1. The quantitative estimate of drug-likeness (QED) is 0.305. The van der Waals surface area contributed by atoms with E-state index in [1.165, 1.54) is 0 Å². The average Bonchev–Trinajstić information content (AvgIpc) is 3.32. The fourth-order valence-electron chi connectivity index (χ4n) is 2.74. The predicted molar refractivity (Wildman–Crippen MR) is 116 cm³/mol. The SMILES string of the molecule is C=CCn1c(COc2ccc(Cl)cc2)nnc1SCc1cc2c(cc1Br)OCO2. The smallest absolute Gasteiger partial charge is 0.231 e. The van der Waals surface area contributed by atoms with Crippen LogP contribution in [-0.2, 0) is 18.9 Å². The van der Waals surface area contributed by atoms with Gasteiger partial charge in [0, 0.05) is 21.8 Å². The zero-order chi connectivity index (χ0) is 20.2. The number of hydrogen-bond acceptors (Lipinski definition) is 6. The molecule has 1 aliphatic rings. The summed E-state index contributed by atoms with van der Waals surface area (Å²) in [7, 11) is 0. The molecule has 4 rings (SSSR count). The molecule has 9 heteroatoms. The van der Waals surface area contributed by atoms with Crippen LogP contribution in [0.15, 0.2) is 58.7 Å². The lowest BCUT2D eigenvalue weighted by molar-refractivity contribution is 0.174. The maximum absolute atomic E-state index is 5.91. The van der Waals surface area contributed by atoms with Crippen LogP contribution in [0.5, 0.6) is 17.2 Å². The van der Waals surface area contributed by atoms with Gasteiger partial charge in [-0.15, -0.1) is 16.8 Å². The Labute approximate surface area is 186 Å². The highest BCUT2D eigenvalue weighted by atomic mass is 79.9. The summed E-state index contributed by atoms with van der Waals surface area (Å²) in [6.45, 7) is 4.99. The van der Waals surface area contributed by atoms with Crippen molar-refractivity contribution in [2.75, 3.05) is 6.79 Å². The molecule has 0 amide bonds. The maximum Gasteiger partial charge on any atom is 0.231 e. The number of rotatable bonds is 8. The third-order valence-electron chi connectivity index (χ3n) is 4.19. The van der Waals surface area contributed by atoms with Crippen molar-refractivity contribution in [3.63, 3.8) is 0 Å². The molecular formula is C20H17BrClN3O3S. The first-order valence-electron chi connectivity index (χ1n) is 8.76. The van der Waals surface area contributed by atoms with E-state index in [2.05, 4.69) is 32.7 Å². The Morgan fingerprint density at radius 1 is 1.21 bits per heavy atom. The van der Waals surface area contributed by atoms with Gasteiger partial charge in [-0.1, -0.05) is 45.4 Å². The van der Waals surface area contributed by atoms with Gasteiger partial charge in [-0.05, 0) is 42.0 Å². The monoisotopic (exact) mass is 493 g/mol. The van der Waals surface area contributed by atoms with E-state index in [0.29, 0.717) is 23.9 Å². The molecule has 0 aliphatic carbocycles. The summed E-state index contributed by atoms with van der Waals surface area (Å²) in [6.07, 6.45) is 1.82. The third-order valence-corrected chi connectivity index (χ3v) is 6.19. The van der Waals surface area contributed by atoms with Gasteiger partial charge in [0.1, 0.15) is 12.4 Å². The summed E-state index contributed by atoms with van der Waals surface area (Å²) in [4.78, 5) is 0. The van der Waals surface area contributed by atoms with E-state index in [1.54, 1.807) is 23.9 Å². The lowest BCUT2D eigenvalue weighted by Crippen LogP contribution is -2.07. The van der Waals surface area contributed by atoms with Crippen molar-refractivity contribution >= 4 is 39.3 Å². The van der Waals surface area contributed by atoms with Crippen molar-refractivity contribution in [1.82, 2.24) is 14.8 Å². The maximum atomic E-state index is 5.91. The summed E-state index contributed by atoms with van der Waals surface area (Å²) in [5.41, 5.74) is 1.09. The Morgan fingerprint density at radius 2 is 1.97 bits per heavy atom. The van der Waals surface area contributed by atoms with Crippen LogP contribution in [0.4, 0.5) is 0 Å². The van der Waals surface area contributed by atoms with E-state index >= 15 is 0 Å². The van der Waals surface area contributed by atoms with Crippen LogP contribution >= 0.6 is 39.3 Å². The van der Waals surface area contributed by atoms with Crippen LogP contribution in [0, 0.1) is 0 Å². The van der Waals surface area contributed by atoms with E-state index in [4.69, 9.17) is 25.8 Å². The molecule has 1 aliphatic heterocycles. The highest BCUT2D eigenvalue weighted by molar-refractivity contribution is 9.10. The molecule has 0 unspecified atom stereocenters. The number of allylic oxidation sites excluding steroid dienone is 1. The summed E-state index contributed by atoms with van der Waals surface area (Å²) in [6, 6.07) is 11.1. The van der Waals surface area contributed by atoms with Gasteiger partial charge in [-0.2, -0.15) is 0 Å². The van der Waals surface area contributed by atoms with Gasteiger partial charge >= 0.3 is 0 Å². The lowest BCUT2D eigenvalue weighted by Gasteiger charge is -2.10. The van der Waals surface area contributed by atoms with E-state index in [1.807, 2.05) is 34.9 Å². The van der Waals surface area contributed by atoms with Gasteiger partial charge in [0.05, 0.1) is 0 Å². The van der Waals surface area contributed by atoms with Crippen molar-refractivity contribution in [3.8, 4) is 17.2 Å². The van der Waals surface area contributed by atoms with E-state index in [9.17, 15) is 0 Å². The number of halogens is 2. The van der Waals surface area contributed by atoms with Crippen LogP contribution < -0.4 is 14.2 Å². The average molecular weight is 495 g/mol. The number of hydrogen-bond donors (Lipinski definition) is 0. The van der Waals surface area contributed by atoms with E-state index in [-0.39, 0.29) is 6.79 Å². The molecule has 6 nitrogen and oxygen atoms in total. The molecule has 29 heavy (non-hydrogen) atoms. The molecule has 1 aromatic heterocycles. The Balaban J connectivity index is 1.46. The molecule has 0 bridgehead atoms. The van der Waals surface area contributed by atoms with Gasteiger partial charge < -0.3 is 14.2 Å². The minimum absolute atomic E-state index is 0.253. The van der Waals surface area contributed by atoms with Crippen LogP contribution in [-0.4, -0.2) is 21.6 Å². The number of ether oxygens (including phenoxy) is 3. The first kappa shape index (κ1) is 20.1. The first-order valence-corrected chi connectivity index (χ1v) is 10.9. The van der Waals surface area contributed by atoms with Crippen LogP contribution in [0.3, 0.4) is 0 Å². The van der Waals surface area contributed by atoms with E-state index in [0.717, 1.165) is 38.3 Å². The summed E-state index contributed by atoms with van der Waals surface area (Å²) in [5, 5.41) is 10.1. The minimum atomic E-state index is 0.253. The Kier molecular flexibility index (Phi) is 6.32. The van der Waals surface area contributed by atoms with Gasteiger partial charge in [0.15, 0.2) is 22.5 Å². The Bertz CT molecular complexity index is 1030. The minimum Gasteiger partial charge on any atom is -0.486 e. The van der Waals surface area contributed by atoms with Gasteiger partial charge in [-0.25, -0.2) is 0 Å². The fourth-order valence-corrected chi connectivity index (χ4v) is 4.47. The number of nitrogens with zero attached hydrogens (tertiary/aromatic N) is 3. The molecule has 0 saturated carbocycles. The van der Waals surface area contributed by atoms with Crippen molar-refractivity contribution in [3.05, 3.63) is 69.9 Å². The molecule has 0 spiro atoms. The zero-order valence-corrected chi connectivity index (χ0v) is 18.5. The van der Waals surface area contributed by atoms with E-state index < -0.39 is 0 Å². The molecule has 2 heterocycles. The zero-order valence-electron chi connectivity index (χ0n) is 15.3. The molecule has 0 saturated heterocycles. The Hall–Kier alpha value is -2.16. The topological polar surface area (TPSA) is 58.4 Å². The Morgan fingerprint density at radius 3 is 2.72 bits per heavy atom. The molecule has 3 aromatic rings. The highest BCUT2D eigenvalue weighted by Crippen LogP contribution is 2.38. The van der Waals surface area contributed by atoms with Crippen LogP contribution in [0.25, 0.3) is 0 Å². The molecular weight excluding hydrogens is 478 g/mol. The number of fused-ring (bicyclic) bond motifs is 1. The number of aromatic nitrogens is 3. The second-order valence-corrected chi connectivity index (χ2v) is 8.36. The van der Waals surface area contributed by atoms with Crippen molar-refractivity contribution in [2.24, 2.45) is 0 Å². The van der Waals surface area contributed by atoms with Crippen LogP contribution in [0.2, 0.25) is 5.02 Å². The fraction of sp³-hybridized carbons (Fsp3) is 0.200. The van der Waals surface area contributed by atoms with Crippen molar-refractivity contribution in [1.29, 1.82) is 0 Å². The molecule has 0 radical (unpaired) electrons. The first-order chi connectivity index (χ1) is 14.1. The van der Waals surface area contributed by atoms with Crippen molar-refractivity contribution in [2.45, 2.75) is 24.1 Å². The standard InChI is InChI=1S/C20H17BrClN3O3S/c1-2-7-25-19(10-26-15-5-3-14(22)4-6-15)23-24-20(25)29-11-13-8-17-18(9-16(13)21)28-12-27-17/h2-6,8-9H,1,7,10-12H2. The predicted octanol–water partition coefficient (Wildman–Crippen LogP) is 5.48. The summed E-state index contributed by atoms with van der Waals surface area (Å²) in [5.74, 6) is 3.66. The van der Waals surface area contributed by atoms with Gasteiger partial charge in [-0.3, -0.25) is 4.57 Å². The van der Waals surface area contributed by atoms with Crippen molar-refractivity contribution < 1.29 is 14.2 Å². The molecule has 2 aromatic carbocycles. The summed E-state index contributed by atoms with van der Waals surface area (Å²) >= 11 is 11.1. The van der Waals surface area contributed by atoms with Gasteiger partial charge in [0.25, 0.3) is 0 Å². The van der Waals surface area contributed by atoms with Gasteiger partial charge in [0.2, 0.25) is 6.79 Å². The lowest BCUT2D eigenvalue weighted by atomic mass is 10.2. The largest absolute Gasteiger partial charge is 0.486 e. The number of benzene rings is 2.